The first-order chi connectivity index (χ1) is 19.0. The number of aromatic nitrogens is 5. The van der Waals surface area contributed by atoms with Gasteiger partial charge in [-0.2, -0.15) is 5.10 Å². The summed E-state index contributed by atoms with van der Waals surface area (Å²) < 4.78 is 14.2. The second-order valence-corrected chi connectivity index (χ2v) is 12.1. The minimum atomic E-state index is -0.173. The third kappa shape index (κ3) is 4.33. The van der Waals surface area contributed by atoms with Gasteiger partial charge in [0.05, 0.1) is 42.5 Å². The van der Waals surface area contributed by atoms with Gasteiger partial charge in [0.15, 0.2) is 17.4 Å². The molecule has 206 valence electrons. The molecule has 3 aromatic heterocycles. The summed E-state index contributed by atoms with van der Waals surface area (Å²) in [5.41, 5.74) is 7.11. The topological polar surface area (TPSA) is 128 Å². The van der Waals surface area contributed by atoms with E-state index in [9.17, 15) is 5.11 Å². The average Bonchev–Trinajstić information content (AvgIpc) is 3.71. The van der Waals surface area contributed by atoms with Crippen molar-refractivity contribution in [2.75, 3.05) is 42.6 Å². The lowest BCUT2D eigenvalue weighted by molar-refractivity contribution is 0.0973. The highest BCUT2D eigenvalue weighted by molar-refractivity contribution is 7.99. The molecule has 3 aromatic rings. The maximum absolute atomic E-state index is 10.2. The summed E-state index contributed by atoms with van der Waals surface area (Å²) in [5.74, 6) is 2.39. The molecule has 7 rings (SSSR count). The number of aliphatic hydroxyl groups excluding tert-OH is 1. The molecule has 0 aromatic carbocycles. The van der Waals surface area contributed by atoms with Crippen molar-refractivity contribution in [1.82, 2.24) is 24.7 Å². The summed E-state index contributed by atoms with van der Waals surface area (Å²) in [7, 11) is 0. The summed E-state index contributed by atoms with van der Waals surface area (Å²) in [6.45, 7) is 5.70. The Morgan fingerprint density at radius 2 is 2.05 bits per heavy atom. The molecule has 7 heterocycles. The maximum Gasteiger partial charge on any atom is 0.175 e. The quantitative estimate of drug-likeness (QED) is 0.485. The highest BCUT2D eigenvalue weighted by Gasteiger charge is 2.48. The second-order valence-electron chi connectivity index (χ2n) is 11.1. The highest BCUT2D eigenvalue weighted by Crippen LogP contribution is 2.46. The van der Waals surface area contributed by atoms with E-state index in [2.05, 4.69) is 26.8 Å². The summed E-state index contributed by atoms with van der Waals surface area (Å²) in [6.07, 6.45) is 10.4. The van der Waals surface area contributed by atoms with Gasteiger partial charge in [0, 0.05) is 49.7 Å². The Bertz CT molecular complexity index is 1330. The predicted octanol–water partition coefficient (Wildman–Crippen LogP) is 2.26. The number of hydrogen-bond donors (Lipinski definition) is 2. The zero-order chi connectivity index (χ0) is 26.6. The largest absolute Gasteiger partial charge is 0.486 e. The van der Waals surface area contributed by atoms with Gasteiger partial charge in [-0.05, 0) is 38.3 Å². The van der Waals surface area contributed by atoms with Crippen molar-refractivity contribution >= 4 is 23.4 Å². The molecule has 3 saturated heterocycles. The number of aliphatic hydroxyl groups is 1. The first-order valence-electron chi connectivity index (χ1n) is 13.7. The molecule has 4 aliphatic heterocycles. The lowest BCUT2D eigenvalue weighted by Gasteiger charge is -2.41. The Morgan fingerprint density at radius 1 is 1.18 bits per heavy atom. The van der Waals surface area contributed by atoms with Gasteiger partial charge in [-0.25, -0.2) is 15.0 Å². The van der Waals surface area contributed by atoms with Crippen LogP contribution in [0.1, 0.15) is 37.9 Å². The van der Waals surface area contributed by atoms with Crippen LogP contribution in [-0.2, 0) is 11.3 Å². The van der Waals surface area contributed by atoms with E-state index in [0.29, 0.717) is 23.4 Å². The molecule has 0 radical (unpaired) electrons. The third-order valence-corrected chi connectivity index (χ3v) is 9.85. The minimum absolute atomic E-state index is 0.0334. The maximum atomic E-state index is 10.2. The van der Waals surface area contributed by atoms with Gasteiger partial charge < -0.3 is 30.1 Å². The number of nitrogens with zero attached hydrogens (tertiary/aromatic N) is 7. The number of pyridine rings is 1. The zero-order valence-corrected chi connectivity index (χ0v) is 22.8. The van der Waals surface area contributed by atoms with Gasteiger partial charge in [0.1, 0.15) is 17.3 Å². The number of anilines is 2. The first-order valence-corrected chi connectivity index (χ1v) is 14.5. The van der Waals surface area contributed by atoms with Crippen LogP contribution in [0.4, 0.5) is 11.6 Å². The molecule has 4 aliphatic rings. The molecule has 3 N–H and O–H groups in total. The Morgan fingerprint density at radius 3 is 2.79 bits per heavy atom. The van der Waals surface area contributed by atoms with E-state index in [1.54, 1.807) is 6.20 Å². The van der Waals surface area contributed by atoms with Crippen LogP contribution < -0.4 is 20.3 Å². The van der Waals surface area contributed by atoms with Crippen LogP contribution in [0.5, 0.6) is 5.75 Å². The van der Waals surface area contributed by atoms with Gasteiger partial charge in [-0.15, -0.1) is 0 Å². The molecule has 39 heavy (non-hydrogen) atoms. The number of hydrogen-bond acceptors (Lipinski definition) is 11. The van der Waals surface area contributed by atoms with Gasteiger partial charge >= 0.3 is 0 Å². The average molecular weight is 551 g/mol. The van der Waals surface area contributed by atoms with Crippen LogP contribution in [0.15, 0.2) is 46.8 Å². The molecular weight excluding hydrogens is 516 g/mol. The molecule has 4 atom stereocenters. The van der Waals surface area contributed by atoms with Gasteiger partial charge in [0.2, 0.25) is 0 Å². The van der Waals surface area contributed by atoms with Crippen LogP contribution in [0.3, 0.4) is 0 Å². The van der Waals surface area contributed by atoms with Crippen LogP contribution in [0, 0.1) is 5.41 Å². The zero-order valence-electron chi connectivity index (χ0n) is 22.0. The molecule has 11 nitrogen and oxygen atoms in total. The Labute approximate surface area is 231 Å². The normalized spacial score (nSPS) is 27.5. The third-order valence-electron chi connectivity index (χ3n) is 8.90. The molecular formula is C27H34N8O3S. The Balaban J connectivity index is 1.08. The van der Waals surface area contributed by atoms with Crippen molar-refractivity contribution < 1.29 is 14.6 Å². The highest BCUT2D eigenvalue weighted by atomic mass is 32.2. The molecule has 0 amide bonds. The summed E-state index contributed by atoms with van der Waals surface area (Å²) in [6, 6.07) is 4.55. The predicted molar refractivity (Wildman–Crippen MR) is 146 cm³/mol. The fourth-order valence-electron chi connectivity index (χ4n) is 6.59. The van der Waals surface area contributed by atoms with E-state index in [4.69, 9.17) is 25.2 Å². The molecule has 3 fully saturated rings. The second kappa shape index (κ2) is 9.92. The number of piperidine rings is 1. The Hall–Kier alpha value is -2.93. The molecule has 1 unspecified atom stereocenters. The number of ether oxygens (including phenoxy) is 2. The van der Waals surface area contributed by atoms with Crippen molar-refractivity contribution in [2.24, 2.45) is 11.1 Å². The Kier molecular flexibility index (Phi) is 6.37. The fraction of sp³-hybridized carbons (Fsp3) is 0.556. The van der Waals surface area contributed by atoms with Gasteiger partial charge in [-0.1, -0.05) is 11.8 Å². The molecule has 0 bridgehead atoms. The fourth-order valence-corrected chi connectivity index (χ4v) is 7.45. The van der Waals surface area contributed by atoms with Crippen LogP contribution >= 0.6 is 11.8 Å². The number of nitrogens with two attached hydrogens (primary N) is 1. The molecule has 12 heteroatoms. The summed E-state index contributed by atoms with van der Waals surface area (Å²) in [4.78, 5) is 19.7. The van der Waals surface area contributed by atoms with Crippen molar-refractivity contribution in [2.45, 2.75) is 66.9 Å². The van der Waals surface area contributed by atoms with Crippen molar-refractivity contribution in [3.63, 3.8) is 0 Å². The van der Waals surface area contributed by atoms with E-state index < -0.39 is 0 Å². The van der Waals surface area contributed by atoms with Crippen LogP contribution in [0.2, 0.25) is 0 Å². The summed E-state index contributed by atoms with van der Waals surface area (Å²) >= 11 is 1.49. The minimum Gasteiger partial charge on any atom is -0.486 e. The lowest BCUT2D eigenvalue weighted by atomic mass is 9.73. The first kappa shape index (κ1) is 25.1. The molecule has 0 aliphatic carbocycles. The van der Waals surface area contributed by atoms with E-state index in [1.165, 1.54) is 11.8 Å². The standard InChI is InChI=1S/C27H34N8O3S/c1-17-24(28)27(16-38-17)4-9-33(10-5-27)25-20(14-36)32-22(12-30-25)39-21-3-7-29-26-23(21)37-15-19-11-18(13-34(19)26)35-8-2-6-31-35/h2-3,6-8,12,17-19,24,36H,4-5,9-11,13-16,28H2,1H3/t17-,18?,19-,24+/m0/s1. The molecule has 0 saturated carbocycles. The van der Waals surface area contributed by atoms with Gasteiger partial charge in [-0.3, -0.25) is 4.68 Å². The van der Waals surface area contributed by atoms with Crippen molar-refractivity contribution in [3.05, 3.63) is 42.6 Å². The van der Waals surface area contributed by atoms with Gasteiger partial charge in [0.25, 0.3) is 0 Å². The van der Waals surface area contributed by atoms with Crippen LogP contribution in [0.25, 0.3) is 0 Å². The SMILES string of the molecule is C[C@@H]1OCC2(CCN(c3ncc(Sc4ccnc5c4OC[C@@H]4CC(n6cccn6)CN54)nc3CO)CC2)[C@@H]1N. The lowest BCUT2D eigenvalue weighted by Crippen LogP contribution is -2.51. The van der Waals surface area contributed by atoms with Crippen molar-refractivity contribution in [3.8, 4) is 5.75 Å². The van der Waals surface area contributed by atoms with E-state index in [-0.39, 0.29) is 30.2 Å². The van der Waals surface area contributed by atoms with Crippen LogP contribution in [-0.4, -0.2) is 80.9 Å². The van der Waals surface area contributed by atoms with E-state index >= 15 is 0 Å². The number of fused-ring (bicyclic) bond motifs is 3. The smallest absolute Gasteiger partial charge is 0.175 e. The molecule has 1 spiro atoms. The van der Waals surface area contributed by atoms with Crippen molar-refractivity contribution in [1.29, 1.82) is 0 Å². The monoisotopic (exact) mass is 550 g/mol. The summed E-state index contributed by atoms with van der Waals surface area (Å²) in [5, 5.41) is 15.3. The van der Waals surface area contributed by atoms with E-state index in [0.717, 1.165) is 67.8 Å². The number of rotatable bonds is 5. The van der Waals surface area contributed by atoms with E-state index in [1.807, 2.05) is 35.4 Å².